The summed E-state index contributed by atoms with van der Waals surface area (Å²) in [5.41, 5.74) is 5.10. The van der Waals surface area contributed by atoms with Gasteiger partial charge in [-0.2, -0.15) is 0 Å². The van der Waals surface area contributed by atoms with E-state index in [1.165, 1.54) is 11.1 Å². The lowest BCUT2D eigenvalue weighted by molar-refractivity contribution is 0.0709. The van der Waals surface area contributed by atoms with E-state index in [-0.39, 0.29) is 11.9 Å². The molecule has 1 amide bonds. The van der Waals surface area contributed by atoms with E-state index in [4.69, 9.17) is 0 Å². The number of nitrogens with zero attached hydrogens (tertiary/aromatic N) is 2. The lowest BCUT2D eigenvalue weighted by Gasteiger charge is -2.33. The van der Waals surface area contributed by atoms with Crippen LogP contribution in [0.5, 0.6) is 0 Å². The Morgan fingerprint density at radius 2 is 1.93 bits per heavy atom. The number of piperidine rings is 1. The molecule has 0 radical (unpaired) electrons. The van der Waals surface area contributed by atoms with Gasteiger partial charge in [-0.05, 0) is 62.1 Å². The smallest absolute Gasteiger partial charge is 0.272 e. The van der Waals surface area contributed by atoms with Crippen molar-refractivity contribution in [1.82, 2.24) is 9.88 Å². The van der Waals surface area contributed by atoms with E-state index in [9.17, 15) is 4.79 Å². The second-order valence-electron chi connectivity index (χ2n) is 7.42. The van der Waals surface area contributed by atoms with Crippen molar-refractivity contribution >= 4 is 22.5 Å². The van der Waals surface area contributed by atoms with E-state index < -0.39 is 0 Å². The van der Waals surface area contributed by atoms with Crippen LogP contribution in [0, 0.1) is 13.8 Å². The van der Waals surface area contributed by atoms with E-state index in [1.807, 2.05) is 41.3 Å². The number of aromatic nitrogens is 1. The molecular weight excluding hydrogens is 334 g/mol. The molecule has 27 heavy (non-hydrogen) atoms. The molecule has 0 aliphatic carbocycles. The number of anilines is 1. The molecule has 1 aromatic heterocycles. The van der Waals surface area contributed by atoms with Crippen LogP contribution < -0.4 is 5.32 Å². The Morgan fingerprint density at radius 1 is 1.07 bits per heavy atom. The predicted octanol–water partition coefficient (Wildman–Crippen LogP) is 4.57. The third-order valence-corrected chi connectivity index (χ3v) is 5.40. The van der Waals surface area contributed by atoms with Crippen LogP contribution in [-0.2, 0) is 0 Å². The maximum absolute atomic E-state index is 13.0. The van der Waals surface area contributed by atoms with Gasteiger partial charge in [0.05, 0.1) is 5.52 Å². The molecule has 3 aromatic rings. The van der Waals surface area contributed by atoms with Gasteiger partial charge in [0, 0.05) is 30.2 Å². The van der Waals surface area contributed by atoms with Crippen LogP contribution in [0.15, 0.2) is 54.6 Å². The Balaban J connectivity index is 1.48. The Hall–Kier alpha value is -2.88. The van der Waals surface area contributed by atoms with Crippen molar-refractivity contribution in [2.75, 3.05) is 18.4 Å². The molecule has 1 N–H and O–H groups in total. The molecule has 1 atom stereocenters. The fourth-order valence-corrected chi connectivity index (χ4v) is 3.69. The number of carbonyl (C=O) groups excluding carboxylic acids is 1. The molecule has 4 nitrogen and oxygen atoms in total. The van der Waals surface area contributed by atoms with Crippen molar-refractivity contribution in [3.8, 4) is 0 Å². The highest BCUT2D eigenvalue weighted by molar-refractivity contribution is 5.95. The molecule has 1 fully saturated rings. The van der Waals surface area contributed by atoms with Gasteiger partial charge in [0.1, 0.15) is 5.69 Å². The van der Waals surface area contributed by atoms with Crippen LogP contribution >= 0.6 is 0 Å². The SMILES string of the molecule is Cc1ccc(NC2CCCN(C(=O)c3ccc4ccccc4n3)C2)cc1C. The molecule has 1 unspecified atom stereocenters. The van der Waals surface area contributed by atoms with Crippen molar-refractivity contribution in [2.24, 2.45) is 0 Å². The summed E-state index contributed by atoms with van der Waals surface area (Å²) in [5.74, 6) is 0.0207. The first kappa shape index (κ1) is 17.5. The minimum absolute atomic E-state index is 0.0207. The molecule has 1 saturated heterocycles. The van der Waals surface area contributed by atoms with Gasteiger partial charge in [0.15, 0.2) is 0 Å². The number of amides is 1. The third-order valence-electron chi connectivity index (χ3n) is 5.40. The Labute approximate surface area is 160 Å². The van der Waals surface area contributed by atoms with Crippen molar-refractivity contribution in [3.05, 3.63) is 71.4 Å². The predicted molar refractivity (Wildman–Crippen MR) is 110 cm³/mol. The van der Waals surface area contributed by atoms with E-state index in [1.54, 1.807) is 0 Å². The first-order valence-electron chi connectivity index (χ1n) is 9.59. The van der Waals surface area contributed by atoms with Crippen molar-refractivity contribution < 1.29 is 4.79 Å². The first-order valence-corrected chi connectivity index (χ1v) is 9.59. The van der Waals surface area contributed by atoms with Crippen LogP contribution in [0.4, 0.5) is 5.69 Å². The van der Waals surface area contributed by atoms with Gasteiger partial charge in [0.25, 0.3) is 5.91 Å². The molecule has 2 aromatic carbocycles. The molecule has 4 heteroatoms. The number of likely N-dealkylation sites (tertiary alicyclic amines) is 1. The molecule has 0 saturated carbocycles. The zero-order chi connectivity index (χ0) is 18.8. The number of pyridine rings is 1. The lowest BCUT2D eigenvalue weighted by atomic mass is 10.0. The average molecular weight is 359 g/mol. The number of benzene rings is 2. The van der Waals surface area contributed by atoms with Gasteiger partial charge in [-0.1, -0.05) is 30.3 Å². The summed E-state index contributed by atoms with van der Waals surface area (Å²) in [5, 5.41) is 4.66. The largest absolute Gasteiger partial charge is 0.381 e. The number of nitrogens with one attached hydrogen (secondary N) is 1. The number of fused-ring (bicyclic) bond motifs is 1. The van der Waals surface area contributed by atoms with Crippen LogP contribution in [0.25, 0.3) is 10.9 Å². The van der Waals surface area contributed by atoms with Crippen molar-refractivity contribution in [1.29, 1.82) is 0 Å². The monoisotopic (exact) mass is 359 g/mol. The summed E-state index contributed by atoms with van der Waals surface area (Å²) in [7, 11) is 0. The van der Waals surface area contributed by atoms with Crippen LogP contribution in [0.2, 0.25) is 0 Å². The number of hydrogen-bond donors (Lipinski definition) is 1. The van der Waals surface area contributed by atoms with E-state index in [2.05, 4.69) is 42.3 Å². The van der Waals surface area contributed by atoms with Gasteiger partial charge in [-0.15, -0.1) is 0 Å². The summed E-state index contributed by atoms with van der Waals surface area (Å²) >= 11 is 0. The summed E-state index contributed by atoms with van der Waals surface area (Å²) in [6.07, 6.45) is 2.07. The highest BCUT2D eigenvalue weighted by atomic mass is 16.2. The zero-order valence-corrected chi connectivity index (χ0v) is 15.9. The Kier molecular flexibility index (Phi) is 4.80. The van der Waals surface area contributed by atoms with Crippen LogP contribution in [0.3, 0.4) is 0 Å². The Morgan fingerprint density at radius 3 is 2.78 bits per heavy atom. The highest BCUT2D eigenvalue weighted by Gasteiger charge is 2.25. The minimum atomic E-state index is 0.0207. The molecule has 1 aliphatic rings. The second-order valence-corrected chi connectivity index (χ2v) is 7.42. The summed E-state index contributed by atoms with van der Waals surface area (Å²) in [6, 6.07) is 18.4. The normalized spacial score (nSPS) is 17.1. The number of para-hydroxylation sites is 1. The summed E-state index contributed by atoms with van der Waals surface area (Å²) in [4.78, 5) is 19.5. The van der Waals surface area contributed by atoms with Gasteiger partial charge in [-0.25, -0.2) is 4.98 Å². The summed E-state index contributed by atoms with van der Waals surface area (Å²) in [6.45, 7) is 5.75. The van der Waals surface area contributed by atoms with Gasteiger partial charge >= 0.3 is 0 Å². The maximum atomic E-state index is 13.0. The zero-order valence-electron chi connectivity index (χ0n) is 15.9. The molecular formula is C23H25N3O. The van der Waals surface area contributed by atoms with E-state index >= 15 is 0 Å². The second kappa shape index (κ2) is 7.39. The summed E-state index contributed by atoms with van der Waals surface area (Å²) < 4.78 is 0. The third kappa shape index (κ3) is 3.80. The standard InChI is InChI=1S/C23H25N3O/c1-16-9-11-19(14-17(16)2)24-20-7-5-13-26(15-20)23(27)22-12-10-18-6-3-4-8-21(18)25-22/h3-4,6,8-12,14,20,24H,5,7,13,15H2,1-2H3. The molecule has 138 valence electrons. The number of rotatable bonds is 3. The van der Waals surface area contributed by atoms with E-state index in [0.717, 1.165) is 36.0 Å². The van der Waals surface area contributed by atoms with Gasteiger partial charge in [0.2, 0.25) is 0 Å². The van der Waals surface area contributed by atoms with Crippen LogP contribution in [0.1, 0.15) is 34.5 Å². The fourth-order valence-electron chi connectivity index (χ4n) is 3.69. The number of hydrogen-bond acceptors (Lipinski definition) is 3. The van der Waals surface area contributed by atoms with Gasteiger partial charge < -0.3 is 10.2 Å². The molecule has 0 spiro atoms. The molecule has 0 bridgehead atoms. The van der Waals surface area contributed by atoms with Gasteiger partial charge in [-0.3, -0.25) is 4.79 Å². The average Bonchev–Trinajstić information content (AvgIpc) is 2.70. The number of aryl methyl sites for hydroxylation is 2. The molecule has 4 rings (SSSR count). The van der Waals surface area contributed by atoms with Crippen molar-refractivity contribution in [3.63, 3.8) is 0 Å². The fraction of sp³-hybridized carbons (Fsp3) is 0.304. The maximum Gasteiger partial charge on any atom is 0.272 e. The molecule has 2 heterocycles. The quantitative estimate of drug-likeness (QED) is 0.745. The number of carbonyl (C=O) groups is 1. The highest BCUT2D eigenvalue weighted by Crippen LogP contribution is 2.20. The minimum Gasteiger partial charge on any atom is -0.381 e. The first-order chi connectivity index (χ1) is 13.1. The lowest BCUT2D eigenvalue weighted by Crippen LogP contribution is -2.45. The topological polar surface area (TPSA) is 45.2 Å². The molecule has 1 aliphatic heterocycles. The Bertz CT molecular complexity index is 982. The van der Waals surface area contributed by atoms with E-state index in [0.29, 0.717) is 12.2 Å². The van der Waals surface area contributed by atoms with Crippen LogP contribution in [-0.4, -0.2) is 34.9 Å². The van der Waals surface area contributed by atoms with Crippen molar-refractivity contribution in [2.45, 2.75) is 32.7 Å².